The minimum absolute atomic E-state index is 0.0641. The van der Waals surface area contributed by atoms with Gasteiger partial charge in [-0.05, 0) is 31.2 Å². The molecule has 11 heteroatoms. The number of ether oxygens (including phenoxy) is 2. The van der Waals surface area contributed by atoms with Gasteiger partial charge >= 0.3 is 12.6 Å². The van der Waals surface area contributed by atoms with Crippen LogP contribution in [0.15, 0.2) is 42.5 Å². The molecule has 0 radical (unpaired) electrons. The third-order valence-electron chi connectivity index (χ3n) is 3.61. The first-order valence-electron chi connectivity index (χ1n) is 8.44. The molecule has 2 N–H and O–H groups in total. The summed E-state index contributed by atoms with van der Waals surface area (Å²) in [5.41, 5.74) is -0.545. The van der Waals surface area contributed by atoms with E-state index >= 15 is 0 Å². The minimum Gasteiger partial charge on any atom is -0.451 e. The molecule has 1 atom stereocenters. The highest BCUT2D eigenvalue weighted by atomic mass is 19.3. The average Bonchev–Trinajstić information content (AvgIpc) is 2.67. The van der Waals surface area contributed by atoms with Crippen molar-refractivity contribution in [2.24, 2.45) is 0 Å². The quantitative estimate of drug-likeness (QED) is 0.498. The van der Waals surface area contributed by atoms with Gasteiger partial charge in [0.2, 0.25) is 0 Å². The number of amides is 2. The van der Waals surface area contributed by atoms with Crippen molar-refractivity contribution in [1.82, 2.24) is 5.32 Å². The number of hydrogen-bond acceptors (Lipinski definition) is 5. The lowest BCUT2D eigenvalue weighted by molar-refractivity contribution is -0.152. The van der Waals surface area contributed by atoms with E-state index < -0.39 is 54.2 Å². The number of anilines is 1. The van der Waals surface area contributed by atoms with Crippen molar-refractivity contribution in [3.05, 3.63) is 59.7 Å². The maximum atomic E-state index is 13.5. The van der Waals surface area contributed by atoms with Crippen LogP contribution in [0.3, 0.4) is 0 Å². The molecular formula is C19H16F4N2O5. The van der Waals surface area contributed by atoms with Crippen LogP contribution in [0.1, 0.15) is 17.3 Å². The number of nitrogens with one attached hydrogen (secondary N) is 2. The van der Waals surface area contributed by atoms with Crippen LogP contribution in [0.2, 0.25) is 0 Å². The lowest BCUT2D eigenvalue weighted by Crippen LogP contribution is -2.36. The van der Waals surface area contributed by atoms with Crippen LogP contribution in [0, 0.1) is 11.6 Å². The molecule has 7 nitrogen and oxygen atoms in total. The fourth-order valence-corrected chi connectivity index (χ4v) is 2.22. The van der Waals surface area contributed by atoms with E-state index in [2.05, 4.69) is 15.4 Å². The van der Waals surface area contributed by atoms with Crippen LogP contribution in [-0.4, -0.2) is 37.0 Å². The van der Waals surface area contributed by atoms with Crippen molar-refractivity contribution in [3.8, 4) is 5.75 Å². The van der Waals surface area contributed by atoms with Gasteiger partial charge in [0.05, 0.1) is 11.3 Å². The van der Waals surface area contributed by atoms with Crippen LogP contribution in [0.25, 0.3) is 0 Å². The Kier molecular flexibility index (Phi) is 7.73. The minimum atomic E-state index is -3.10. The Morgan fingerprint density at radius 1 is 1.07 bits per heavy atom. The van der Waals surface area contributed by atoms with Crippen molar-refractivity contribution in [2.45, 2.75) is 19.6 Å². The van der Waals surface area contributed by atoms with Gasteiger partial charge in [0.1, 0.15) is 23.9 Å². The van der Waals surface area contributed by atoms with Crippen molar-refractivity contribution < 1.29 is 41.4 Å². The third kappa shape index (κ3) is 6.47. The summed E-state index contributed by atoms with van der Waals surface area (Å²) in [6.07, 6.45) is -1.35. The molecule has 0 fully saturated rings. The highest BCUT2D eigenvalue weighted by molar-refractivity contribution is 5.98. The second-order valence-electron chi connectivity index (χ2n) is 5.80. The van der Waals surface area contributed by atoms with Crippen LogP contribution in [-0.2, 0) is 14.3 Å². The predicted molar refractivity (Wildman–Crippen MR) is 95.9 cm³/mol. The molecule has 0 aliphatic rings. The number of rotatable bonds is 8. The summed E-state index contributed by atoms with van der Waals surface area (Å²) >= 11 is 0. The lowest BCUT2D eigenvalue weighted by atomic mass is 10.2. The second kappa shape index (κ2) is 10.2. The summed E-state index contributed by atoms with van der Waals surface area (Å²) in [4.78, 5) is 35.8. The molecule has 2 aromatic rings. The monoisotopic (exact) mass is 428 g/mol. The average molecular weight is 428 g/mol. The van der Waals surface area contributed by atoms with Crippen molar-refractivity contribution in [1.29, 1.82) is 0 Å². The van der Waals surface area contributed by atoms with Gasteiger partial charge in [-0.1, -0.05) is 12.1 Å². The predicted octanol–water partition coefficient (Wildman–Crippen LogP) is 2.87. The van der Waals surface area contributed by atoms with E-state index in [9.17, 15) is 31.9 Å². The molecule has 0 bridgehead atoms. The molecule has 0 saturated carbocycles. The first-order chi connectivity index (χ1) is 14.2. The van der Waals surface area contributed by atoms with Gasteiger partial charge < -0.3 is 20.1 Å². The number of carbonyl (C=O) groups excluding carboxylic acids is 3. The zero-order chi connectivity index (χ0) is 22.3. The van der Waals surface area contributed by atoms with Crippen molar-refractivity contribution in [3.63, 3.8) is 0 Å². The fraction of sp³-hybridized carbons (Fsp3) is 0.211. The van der Waals surface area contributed by atoms with Gasteiger partial charge in [0.15, 0.2) is 6.10 Å². The number of para-hydroxylation sites is 2. The molecule has 2 rings (SSSR count). The van der Waals surface area contributed by atoms with E-state index in [0.29, 0.717) is 6.07 Å². The zero-order valence-corrected chi connectivity index (χ0v) is 15.5. The van der Waals surface area contributed by atoms with Gasteiger partial charge in [-0.25, -0.2) is 8.78 Å². The molecule has 0 saturated heterocycles. The number of hydrogen-bond donors (Lipinski definition) is 2. The van der Waals surface area contributed by atoms with Gasteiger partial charge in [-0.3, -0.25) is 14.4 Å². The molecule has 160 valence electrons. The summed E-state index contributed by atoms with van der Waals surface area (Å²) in [5.74, 6) is -5.12. The molecular weight excluding hydrogens is 412 g/mol. The van der Waals surface area contributed by atoms with Crippen molar-refractivity contribution >= 4 is 23.5 Å². The molecule has 0 aliphatic carbocycles. The summed E-state index contributed by atoms with van der Waals surface area (Å²) in [6, 6.07) is 7.69. The van der Waals surface area contributed by atoms with Gasteiger partial charge in [-0.2, -0.15) is 8.78 Å². The number of carbonyl (C=O) groups is 3. The molecule has 0 aromatic heterocycles. The number of benzene rings is 2. The Hall–Kier alpha value is -3.63. The standard InChI is InChI=1S/C19H16F4N2O5/c1-10(17(27)25-14-4-2-3-5-15(14)30-19(22)23)29-16(26)9-24-18(28)12-7-6-11(20)8-13(12)21/h2-8,10,19H,9H2,1H3,(H,24,28)(H,25,27). The normalized spacial score (nSPS) is 11.5. The fourth-order valence-electron chi connectivity index (χ4n) is 2.22. The maximum Gasteiger partial charge on any atom is 0.387 e. The van der Waals surface area contributed by atoms with Gasteiger partial charge in [0.25, 0.3) is 11.8 Å². The Morgan fingerprint density at radius 3 is 2.43 bits per heavy atom. The smallest absolute Gasteiger partial charge is 0.387 e. The van der Waals surface area contributed by atoms with E-state index in [1.165, 1.54) is 31.2 Å². The van der Waals surface area contributed by atoms with E-state index in [4.69, 9.17) is 4.74 Å². The Balaban J connectivity index is 1.88. The number of alkyl halides is 2. The summed E-state index contributed by atoms with van der Waals surface area (Å²) in [6.45, 7) is -2.59. The van der Waals surface area contributed by atoms with Crippen LogP contribution < -0.4 is 15.4 Å². The van der Waals surface area contributed by atoms with Gasteiger partial charge in [-0.15, -0.1) is 0 Å². The molecule has 2 aromatic carbocycles. The Labute approximate surface area is 168 Å². The summed E-state index contributed by atoms with van der Waals surface area (Å²) in [5, 5.41) is 4.35. The SMILES string of the molecule is CC(OC(=O)CNC(=O)c1ccc(F)cc1F)C(=O)Nc1ccccc1OC(F)F. The van der Waals surface area contributed by atoms with Crippen LogP contribution >= 0.6 is 0 Å². The molecule has 1 unspecified atom stereocenters. The first-order valence-corrected chi connectivity index (χ1v) is 8.44. The lowest BCUT2D eigenvalue weighted by Gasteiger charge is -2.16. The maximum absolute atomic E-state index is 13.5. The second-order valence-corrected chi connectivity index (χ2v) is 5.80. The largest absolute Gasteiger partial charge is 0.451 e. The van der Waals surface area contributed by atoms with Gasteiger partial charge in [0, 0.05) is 6.07 Å². The van der Waals surface area contributed by atoms with E-state index in [1.807, 2.05) is 0 Å². The molecule has 0 heterocycles. The summed E-state index contributed by atoms with van der Waals surface area (Å²) < 4.78 is 60.3. The highest BCUT2D eigenvalue weighted by Crippen LogP contribution is 2.25. The zero-order valence-electron chi connectivity index (χ0n) is 15.5. The molecule has 0 spiro atoms. The topological polar surface area (TPSA) is 93.7 Å². The Morgan fingerprint density at radius 2 is 1.77 bits per heavy atom. The van der Waals surface area contributed by atoms with E-state index in [-0.39, 0.29) is 11.4 Å². The first kappa shape index (κ1) is 22.7. The van der Waals surface area contributed by atoms with Crippen LogP contribution in [0.5, 0.6) is 5.75 Å². The molecule has 30 heavy (non-hydrogen) atoms. The molecule has 0 aliphatic heterocycles. The molecule has 2 amide bonds. The third-order valence-corrected chi connectivity index (χ3v) is 3.61. The summed E-state index contributed by atoms with van der Waals surface area (Å²) in [7, 11) is 0. The Bertz CT molecular complexity index is 939. The number of halogens is 4. The van der Waals surface area contributed by atoms with E-state index in [1.54, 1.807) is 0 Å². The van der Waals surface area contributed by atoms with Crippen molar-refractivity contribution in [2.75, 3.05) is 11.9 Å². The number of esters is 1. The highest BCUT2D eigenvalue weighted by Gasteiger charge is 2.21. The van der Waals surface area contributed by atoms with Crippen LogP contribution in [0.4, 0.5) is 23.2 Å². The van der Waals surface area contributed by atoms with E-state index in [0.717, 1.165) is 12.1 Å².